The van der Waals surface area contributed by atoms with Crippen molar-refractivity contribution in [3.8, 4) is 56.7 Å². The van der Waals surface area contributed by atoms with Crippen molar-refractivity contribution < 1.29 is 0 Å². The fourth-order valence-electron chi connectivity index (χ4n) is 6.98. The summed E-state index contributed by atoms with van der Waals surface area (Å²) < 4.78 is 4.74. The summed E-state index contributed by atoms with van der Waals surface area (Å²) in [6, 6.07) is 52.5. The van der Waals surface area contributed by atoms with Gasteiger partial charge in [0.15, 0.2) is 17.5 Å². The Morgan fingerprint density at radius 2 is 1.06 bits per heavy atom. The highest BCUT2D eigenvalue weighted by Crippen LogP contribution is 2.37. The van der Waals surface area contributed by atoms with Crippen molar-refractivity contribution in [2.45, 2.75) is 6.92 Å². The van der Waals surface area contributed by atoms with Gasteiger partial charge in [-0.25, -0.2) is 19.9 Å². The van der Waals surface area contributed by atoms with Gasteiger partial charge >= 0.3 is 0 Å². The largest absolute Gasteiger partial charge is 0.327 e. The number of aryl methyl sites for hydroxylation is 1. The third-order valence-corrected chi connectivity index (χ3v) is 11.0. The Balaban J connectivity index is 1.05. The number of allylic oxidation sites excluding steroid dienone is 2. The summed E-state index contributed by atoms with van der Waals surface area (Å²) in [6.07, 6.45) is 4.04. The van der Waals surface area contributed by atoms with Crippen LogP contribution in [0.4, 0.5) is 0 Å². The Kier molecular flexibility index (Phi) is 8.58. The third kappa shape index (κ3) is 6.23. The second kappa shape index (κ2) is 14.0. The molecule has 0 amide bonds. The maximum atomic E-state index is 5.02. The Morgan fingerprint density at radius 1 is 0.537 bits per heavy atom. The summed E-state index contributed by atoms with van der Waals surface area (Å²) in [5, 5.41) is 2.59. The van der Waals surface area contributed by atoms with Gasteiger partial charge in [0.1, 0.15) is 5.82 Å². The quantitative estimate of drug-likeness (QED) is 0.147. The maximum absolute atomic E-state index is 5.02. The van der Waals surface area contributed by atoms with Gasteiger partial charge in [-0.1, -0.05) is 146 Å². The normalized spacial score (nSPS) is 11.7. The summed E-state index contributed by atoms with van der Waals surface area (Å²) in [5.74, 6) is 2.80. The monoisotopic (exact) mass is 713 g/mol. The smallest absolute Gasteiger partial charge is 0.164 e. The first kappa shape index (κ1) is 33.1. The van der Waals surface area contributed by atoms with Crippen LogP contribution in [-0.4, -0.2) is 24.5 Å². The first-order chi connectivity index (χ1) is 26.5. The van der Waals surface area contributed by atoms with E-state index in [1.807, 2.05) is 72.9 Å². The maximum Gasteiger partial charge on any atom is 0.164 e. The van der Waals surface area contributed by atoms with Gasteiger partial charge in [0.05, 0.1) is 11.4 Å². The Labute approximate surface area is 318 Å². The molecule has 0 saturated heterocycles. The average Bonchev–Trinajstić information content (AvgIpc) is 3.75. The van der Waals surface area contributed by atoms with Gasteiger partial charge in [-0.15, -0.1) is 11.3 Å². The van der Waals surface area contributed by atoms with Gasteiger partial charge in [-0.2, -0.15) is 0 Å². The molecular formula is C48H35N5S. The number of hydrogen-bond donors (Lipinski definition) is 0. The Hall–Kier alpha value is -6.76. The SMILES string of the molecule is C=C/C(=C\c1c(C)nc(-c2ccccc2)n1C)c1ccc(-c2nc(-c3ccccc3)nc(-c3ccc(-c4ccc5sc6ccccc6c5c4)cc3)n2)cc1. The fourth-order valence-corrected chi connectivity index (χ4v) is 8.07. The number of rotatable bonds is 8. The summed E-state index contributed by atoms with van der Waals surface area (Å²) in [7, 11) is 2.06. The van der Waals surface area contributed by atoms with Crippen LogP contribution in [0.5, 0.6) is 0 Å². The van der Waals surface area contributed by atoms with Crippen molar-refractivity contribution in [3.05, 3.63) is 181 Å². The van der Waals surface area contributed by atoms with E-state index in [1.165, 1.54) is 25.7 Å². The van der Waals surface area contributed by atoms with Crippen LogP contribution >= 0.6 is 11.3 Å². The topological polar surface area (TPSA) is 56.5 Å². The van der Waals surface area contributed by atoms with Gasteiger partial charge in [0, 0.05) is 49.5 Å². The van der Waals surface area contributed by atoms with Crippen molar-refractivity contribution >= 4 is 43.2 Å². The summed E-state index contributed by atoms with van der Waals surface area (Å²) in [5.41, 5.74) is 10.2. The first-order valence-electron chi connectivity index (χ1n) is 17.9. The van der Waals surface area contributed by atoms with E-state index in [-0.39, 0.29) is 0 Å². The lowest BCUT2D eigenvalue weighted by atomic mass is 10.0. The van der Waals surface area contributed by atoms with Crippen LogP contribution in [0.2, 0.25) is 0 Å². The molecule has 0 aliphatic rings. The highest BCUT2D eigenvalue weighted by Gasteiger charge is 2.15. The highest BCUT2D eigenvalue weighted by molar-refractivity contribution is 7.25. The molecule has 6 heteroatoms. The minimum Gasteiger partial charge on any atom is -0.327 e. The van der Waals surface area contributed by atoms with Gasteiger partial charge in [0.2, 0.25) is 0 Å². The number of fused-ring (bicyclic) bond motifs is 3. The van der Waals surface area contributed by atoms with Crippen LogP contribution < -0.4 is 0 Å². The van der Waals surface area contributed by atoms with E-state index in [2.05, 4.69) is 127 Å². The molecule has 3 aromatic heterocycles. The second-order valence-electron chi connectivity index (χ2n) is 13.3. The number of imidazole rings is 1. The molecule has 0 saturated carbocycles. The molecule has 5 nitrogen and oxygen atoms in total. The molecule has 54 heavy (non-hydrogen) atoms. The molecule has 3 heterocycles. The van der Waals surface area contributed by atoms with Crippen molar-refractivity contribution in [2.24, 2.45) is 7.05 Å². The lowest BCUT2D eigenvalue weighted by Gasteiger charge is -2.10. The van der Waals surface area contributed by atoms with Crippen molar-refractivity contribution in [1.82, 2.24) is 24.5 Å². The van der Waals surface area contributed by atoms with Gasteiger partial charge in [-0.05, 0) is 53.5 Å². The molecule has 258 valence electrons. The average molecular weight is 714 g/mol. The zero-order chi connectivity index (χ0) is 36.6. The number of nitrogens with zero attached hydrogens (tertiary/aromatic N) is 5. The Morgan fingerprint density at radius 3 is 1.70 bits per heavy atom. The zero-order valence-corrected chi connectivity index (χ0v) is 30.8. The molecule has 6 aromatic carbocycles. The lowest BCUT2D eigenvalue weighted by Crippen LogP contribution is -2.00. The molecule has 9 rings (SSSR count). The molecular weight excluding hydrogens is 679 g/mol. The van der Waals surface area contributed by atoms with E-state index in [4.69, 9.17) is 19.9 Å². The molecule has 0 radical (unpaired) electrons. The highest BCUT2D eigenvalue weighted by atomic mass is 32.1. The standard InChI is InChI=1S/C48H35N5S/c1-4-32(30-42-31(2)49-48(53(42)3)38-15-9-6-10-16-38)33-19-23-36(24-20-33)46-50-45(35-13-7-5-8-14-35)51-47(52-46)37-25-21-34(22-26-37)39-27-28-44-41(29-39)40-17-11-12-18-43(40)54-44/h4-30H,1H2,2-3H3/b32-30+. The molecule has 9 aromatic rings. The van der Waals surface area contributed by atoms with Crippen LogP contribution in [-0.2, 0) is 7.05 Å². The fraction of sp³-hybridized carbons (Fsp3) is 0.0417. The third-order valence-electron chi connectivity index (χ3n) is 9.86. The van der Waals surface area contributed by atoms with Crippen LogP contribution in [0.25, 0.3) is 88.5 Å². The lowest BCUT2D eigenvalue weighted by molar-refractivity contribution is 0.912. The van der Waals surface area contributed by atoms with Crippen LogP contribution in [0.15, 0.2) is 164 Å². The Bertz CT molecular complexity index is 2830. The molecule has 0 atom stereocenters. The molecule has 0 aliphatic carbocycles. The molecule has 0 bridgehead atoms. The molecule has 0 spiro atoms. The van der Waals surface area contributed by atoms with E-state index >= 15 is 0 Å². The molecule has 0 aliphatic heterocycles. The number of aromatic nitrogens is 5. The number of thiophene rings is 1. The minimum absolute atomic E-state index is 0.614. The van der Waals surface area contributed by atoms with E-state index in [0.717, 1.165) is 56.2 Å². The minimum atomic E-state index is 0.614. The van der Waals surface area contributed by atoms with E-state index in [1.54, 1.807) is 0 Å². The zero-order valence-electron chi connectivity index (χ0n) is 29.9. The first-order valence-corrected chi connectivity index (χ1v) is 18.7. The van der Waals surface area contributed by atoms with Gasteiger partial charge in [-0.3, -0.25) is 0 Å². The second-order valence-corrected chi connectivity index (χ2v) is 14.4. The van der Waals surface area contributed by atoms with Crippen LogP contribution in [0, 0.1) is 6.92 Å². The number of benzene rings is 6. The summed E-state index contributed by atoms with van der Waals surface area (Å²) >= 11 is 1.84. The van der Waals surface area contributed by atoms with E-state index < -0.39 is 0 Å². The van der Waals surface area contributed by atoms with Crippen molar-refractivity contribution in [1.29, 1.82) is 0 Å². The van der Waals surface area contributed by atoms with Crippen LogP contribution in [0.3, 0.4) is 0 Å². The van der Waals surface area contributed by atoms with Crippen LogP contribution in [0.1, 0.15) is 17.0 Å². The van der Waals surface area contributed by atoms with Gasteiger partial charge in [0.25, 0.3) is 0 Å². The molecule has 0 unspecified atom stereocenters. The van der Waals surface area contributed by atoms with Crippen molar-refractivity contribution in [2.75, 3.05) is 0 Å². The number of hydrogen-bond acceptors (Lipinski definition) is 5. The predicted octanol–water partition coefficient (Wildman–Crippen LogP) is 12.3. The van der Waals surface area contributed by atoms with E-state index in [9.17, 15) is 0 Å². The van der Waals surface area contributed by atoms with Crippen molar-refractivity contribution in [3.63, 3.8) is 0 Å². The van der Waals surface area contributed by atoms with E-state index in [0.29, 0.717) is 17.5 Å². The molecule has 0 fully saturated rings. The summed E-state index contributed by atoms with van der Waals surface area (Å²) in [4.78, 5) is 19.8. The predicted molar refractivity (Wildman–Crippen MR) is 226 cm³/mol. The summed E-state index contributed by atoms with van der Waals surface area (Å²) in [6.45, 7) is 6.19. The van der Waals surface area contributed by atoms with Gasteiger partial charge < -0.3 is 4.57 Å². The molecule has 0 N–H and O–H groups in total.